The van der Waals surface area contributed by atoms with Gasteiger partial charge in [-0.2, -0.15) is 0 Å². The Bertz CT molecular complexity index is 369. The fourth-order valence-corrected chi connectivity index (χ4v) is 3.47. The summed E-state index contributed by atoms with van der Waals surface area (Å²) in [6.45, 7) is 3.03. The Hall–Kier alpha value is -0.0500. The van der Waals surface area contributed by atoms with Crippen LogP contribution in [0.5, 0.6) is 0 Å². The maximum Gasteiger partial charge on any atom is 0.0615 e. The molecule has 1 aliphatic rings. The average molecular weight is 304 g/mol. The monoisotopic (exact) mass is 302 g/mol. The molecule has 3 heteroatoms. The van der Waals surface area contributed by atoms with Crippen molar-refractivity contribution < 1.29 is 4.74 Å². The van der Waals surface area contributed by atoms with E-state index in [0.29, 0.717) is 6.10 Å². The molecule has 1 nitrogen and oxygen atoms in total. The summed E-state index contributed by atoms with van der Waals surface area (Å²) in [7, 11) is 0. The maximum atomic E-state index is 6.01. The molecule has 2 rings (SSSR count). The van der Waals surface area contributed by atoms with E-state index in [9.17, 15) is 0 Å². The van der Waals surface area contributed by atoms with E-state index < -0.39 is 0 Å². The smallest absolute Gasteiger partial charge is 0.0615 e. The minimum Gasteiger partial charge on any atom is -0.378 e. The van der Waals surface area contributed by atoms with Crippen LogP contribution in [0, 0.1) is 5.41 Å². The van der Waals surface area contributed by atoms with Crippen LogP contribution in [0.4, 0.5) is 0 Å². The van der Waals surface area contributed by atoms with Crippen LogP contribution in [0.2, 0.25) is 5.02 Å². The third-order valence-corrected chi connectivity index (χ3v) is 4.89. The topological polar surface area (TPSA) is 9.23 Å². The van der Waals surface area contributed by atoms with Crippen molar-refractivity contribution in [3.63, 3.8) is 0 Å². The summed E-state index contributed by atoms with van der Waals surface area (Å²) in [6.07, 6.45) is 2.46. The molecule has 1 saturated heterocycles. The average Bonchev–Trinajstić information content (AvgIpc) is 2.61. The predicted octanol–water partition coefficient (Wildman–Crippen LogP) is 4.07. The Labute approximate surface area is 110 Å². The Balaban J connectivity index is 2.18. The van der Waals surface area contributed by atoms with Crippen LogP contribution in [0.3, 0.4) is 0 Å². The van der Waals surface area contributed by atoms with Gasteiger partial charge in [-0.15, -0.1) is 0 Å². The zero-order valence-corrected chi connectivity index (χ0v) is 11.7. The number of ether oxygens (including phenoxy) is 1. The first-order valence-electron chi connectivity index (χ1n) is 5.58. The van der Waals surface area contributed by atoms with Crippen molar-refractivity contribution in [3.8, 4) is 0 Å². The van der Waals surface area contributed by atoms with Gasteiger partial charge < -0.3 is 4.74 Å². The molecule has 16 heavy (non-hydrogen) atoms. The summed E-state index contributed by atoms with van der Waals surface area (Å²) in [6, 6.07) is 8.12. The Morgan fingerprint density at radius 1 is 1.56 bits per heavy atom. The van der Waals surface area contributed by atoms with Crippen LogP contribution in [0.15, 0.2) is 24.3 Å². The molecule has 0 aromatic heterocycles. The fourth-order valence-electron chi connectivity index (χ4n) is 2.33. The van der Waals surface area contributed by atoms with Gasteiger partial charge in [-0.3, -0.25) is 0 Å². The van der Waals surface area contributed by atoms with Crippen molar-refractivity contribution >= 4 is 27.5 Å². The number of rotatable bonds is 3. The van der Waals surface area contributed by atoms with Crippen molar-refractivity contribution in [2.45, 2.75) is 25.9 Å². The molecule has 1 aromatic carbocycles. The molecular weight excluding hydrogens is 287 g/mol. The molecule has 0 radical (unpaired) electrons. The Morgan fingerprint density at radius 3 is 2.94 bits per heavy atom. The second-order valence-electron chi connectivity index (χ2n) is 4.57. The molecule has 2 unspecified atom stereocenters. The van der Waals surface area contributed by atoms with E-state index >= 15 is 0 Å². The van der Waals surface area contributed by atoms with Gasteiger partial charge >= 0.3 is 0 Å². The van der Waals surface area contributed by atoms with Crippen LogP contribution < -0.4 is 0 Å². The number of benzene rings is 1. The molecule has 0 spiro atoms. The number of hydrogen-bond donors (Lipinski definition) is 0. The zero-order chi connectivity index (χ0) is 11.6. The molecule has 1 aliphatic heterocycles. The van der Waals surface area contributed by atoms with Crippen molar-refractivity contribution in [2.75, 3.05) is 11.9 Å². The molecule has 0 aliphatic carbocycles. The van der Waals surface area contributed by atoms with Gasteiger partial charge in [-0.1, -0.05) is 39.7 Å². The summed E-state index contributed by atoms with van der Waals surface area (Å²) in [5, 5.41) is 1.79. The summed E-state index contributed by atoms with van der Waals surface area (Å²) in [5.74, 6) is 0. The fraction of sp³-hybridized carbons (Fsp3) is 0.538. The number of hydrogen-bond acceptors (Lipinski definition) is 1. The largest absolute Gasteiger partial charge is 0.378 e. The van der Waals surface area contributed by atoms with Crippen LogP contribution >= 0.6 is 27.5 Å². The number of halogens is 2. The van der Waals surface area contributed by atoms with E-state index in [0.717, 1.165) is 29.8 Å². The van der Waals surface area contributed by atoms with E-state index in [-0.39, 0.29) is 5.41 Å². The molecule has 2 atom stereocenters. The number of alkyl halides is 1. The molecular formula is C13H16BrClO. The highest BCUT2D eigenvalue weighted by molar-refractivity contribution is 9.09. The second-order valence-corrected chi connectivity index (χ2v) is 5.56. The van der Waals surface area contributed by atoms with Gasteiger partial charge in [0, 0.05) is 22.4 Å². The Morgan fingerprint density at radius 2 is 2.38 bits per heavy atom. The normalized spacial score (nSPS) is 29.6. The predicted molar refractivity (Wildman–Crippen MR) is 71.4 cm³/mol. The van der Waals surface area contributed by atoms with Crippen LogP contribution in [-0.2, 0) is 11.2 Å². The summed E-state index contributed by atoms with van der Waals surface area (Å²) in [5.41, 5.74) is 1.52. The van der Waals surface area contributed by atoms with Crippen LogP contribution in [0.1, 0.15) is 18.9 Å². The quantitative estimate of drug-likeness (QED) is 0.765. The molecule has 0 N–H and O–H groups in total. The highest BCUT2D eigenvalue weighted by Crippen LogP contribution is 2.40. The third-order valence-electron chi connectivity index (χ3n) is 3.54. The molecule has 1 heterocycles. The first kappa shape index (κ1) is 12.4. The lowest BCUT2D eigenvalue weighted by atomic mass is 9.78. The van der Waals surface area contributed by atoms with Crippen molar-refractivity contribution in [3.05, 3.63) is 34.9 Å². The molecule has 0 amide bonds. The molecule has 88 valence electrons. The first-order valence-corrected chi connectivity index (χ1v) is 7.08. The zero-order valence-electron chi connectivity index (χ0n) is 9.38. The van der Waals surface area contributed by atoms with E-state index in [4.69, 9.17) is 16.3 Å². The highest BCUT2D eigenvalue weighted by Gasteiger charge is 2.40. The minimum atomic E-state index is 0.227. The standard InChI is InChI=1S/C13H16BrClO/c1-10-13(9-14,5-6-16-10)8-11-3-2-4-12(15)7-11/h2-4,7,10H,5-6,8-9H2,1H3. The summed E-state index contributed by atoms with van der Waals surface area (Å²) >= 11 is 9.65. The first-order chi connectivity index (χ1) is 7.66. The van der Waals surface area contributed by atoms with E-state index in [1.54, 1.807) is 0 Å². The van der Waals surface area contributed by atoms with E-state index in [2.05, 4.69) is 35.0 Å². The summed E-state index contributed by atoms with van der Waals surface area (Å²) < 4.78 is 5.70. The lowest BCUT2D eigenvalue weighted by Crippen LogP contribution is -2.32. The lowest BCUT2D eigenvalue weighted by Gasteiger charge is -2.30. The molecule has 0 saturated carbocycles. The lowest BCUT2D eigenvalue weighted by molar-refractivity contribution is 0.0746. The SMILES string of the molecule is CC1OCCC1(CBr)Cc1cccc(Cl)c1. The maximum absolute atomic E-state index is 6.01. The van der Waals surface area contributed by atoms with E-state index in [1.807, 2.05) is 12.1 Å². The summed E-state index contributed by atoms with van der Waals surface area (Å²) in [4.78, 5) is 0. The van der Waals surface area contributed by atoms with Gasteiger partial charge in [0.15, 0.2) is 0 Å². The van der Waals surface area contributed by atoms with Gasteiger partial charge in [0.2, 0.25) is 0 Å². The third kappa shape index (κ3) is 2.44. The second kappa shape index (κ2) is 5.07. The minimum absolute atomic E-state index is 0.227. The van der Waals surface area contributed by atoms with Gasteiger partial charge in [-0.25, -0.2) is 0 Å². The van der Waals surface area contributed by atoms with Gasteiger partial charge in [0.1, 0.15) is 0 Å². The Kier molecular flexibility index (Phi) is 3.93. The van der Waals surface area contributed by atoms with Crippen molar-refractivity contribution in [1.82, 2.24) is 0 Å². The van der Waals surface area contributed by atoms with E-state index in [1.165, 1.54) is 5.56 Å². The van der Waals surface area contributed by atoms with Crippen LogP contribution in [-0.4, -0.2) is 18.0 Å². The molecule has 0 bridgehead atoms. The highest BCUT2D eigenvalue weighted by atomic mass is 79.9. The van der Waals surface area contributed by atoms with Crippen molar-refractivity contribution in [1.29, 1.82) is 0 Å². The van der Waals surface area contributed by atoms with Crippen LogP contribution in [0.25, 0.3) is 0 Å². The van der Waals surface area contributed by atoms with Gasteiger partial charge in [0.05, 0.1) is 6.10 Å². The van der Waals surface area contributed by atoms with Gasteiger partial charge in [-0.05, 0) is 37.5 Å². The van der Waals surface area contributed by atoms with Gasteiger partial charge in [0.25, 0.3) is 0 Å². The van der Waals surface area contributed by atoms with Crippen molar-refractivity contribution in [2.24, 2.45) is 5.41 Å². The molecule has 1 fully saturated rings. The molecule has 1 aromatic rings.